The minimum atomic E-state index is -0.804. The predicted octanol–water partition coefficient (Wildman–Crippen LogP) is 4.98. The molecule has 0 radical (unpaired) electrons. The minimum Gasteiger partial charge on any atom is -0.457 e. The molecule has 1 unspecified atom stereocenters. The molecule has 42 heavy (non-hydrogen) atoms. The molecule has 0 aromatic heterocycles. The highest BCUT2D eigenvalue weighted by molar-refractivity contribution is 5.71. The highest BCUT2D eigenvalue weighted by Gasteiger charge is 2.29. The largest absolute Gasteiger partial charge is 0.457 e. The number of benzene rings is 1. The summed E-state index contributed by atoms with van der Waals surface area (Å²) in [6.45, 7) is 9.00. The number of rotatable bonds is 5. The van der Waals surface area contributed by atoms with E-state index < -0.39 is 24.3 Å². The second-order valence-corrected chi connectivity index (χ2v) is 12.8. The van der Waals surface area contributed by atoms with Crippen LogP contribution in [-0.2, 0) is 14.3 Å². The lowest BCUT2D eigenvalue weighted by molar-refractivity contribution is -0.151. The normalized spacial score (nSPS) is 32.9. The van der Waals surface area contributed by atoms with Crippen molar-refractivity contribution in [3.63, 3.8) is 0 Å². The van der Waals surface area contributed by atoms with Gasteiger partial charge in [-0.15, -0.1) is 0 Å². The average molecular weight is 582 g/mol. The Morgan fingerprint density at radius 3 is 2.57 bits per heavy atom. The number of nitrogens with zero attached hydrogens (tertiary/aromatic N) is 2. The zero-order valence-electron chi connectivity index (χ0n) is 26.1. The van der Waals surface area contributed by atoms with Crippen molar-refractivity contribution in [1.82, 2.24) is 15.1 Å². The van der Waals surface area contributed by atoms with Gasteiger partial charge in [0.2, 0.25) is 0 Å². The predicted molar refractivity (Wildman–Crippen MR) is 166 cm³/mol. The zero-order valence-corrected chi connectivity index (χ0v) is 26.1. The molecule has 2 fully saturated rings. The van der Waals surface area contributed by atoms with E-state index in [2.05, 4.69) is 47.6 Å². The molecule has 1 aromatic carbocycles. The van der Waals surface area contributed by atoms with Gasteiger partial charge in [0.25, 0.3) is 0 Å². The maximum absolute atomic E-state index is 13.0. The van der Waals surface area contributed by atoms with Crippen molar-refractivity contribution in [3.05, 3.63) is 53.1 Å². The molecule has 1 amide bonds. The molecule has 7 atom stereocenters. The highest BCUT2D eigenvalue weighted by atomic mass is 16.6. The molecule has 1 aromatic rings. The van der Waals surface area contributed by atoms with Crippen LogP contribution in [0.5, 0.6) is 0 Å². The highest BCUT2D eigenvalue weighted by Crippen LogP contribution is 2.35. The Kier molecular flexibility index (Phi) is 11.6. The van der Waals surface area contributed by atoms with Gasteiger partial charge in [-0.05, 0) is 87.7 Å². The number of carbonyl (C=O) groups is 2. The molecule has 2 N–H and O–H groups in total. The third-order valence-electron chi connectivity index (χ3n) is 9.32. The monoisotopic (exact) mass is 581 g/mol. The molecular formula is C34H51N3O5. The number of aliphatic hydroxyl groups is 1. The van der Waals surface area contributed by atoms with Crippen LogP contribution >= 0.6 is 0 Å². The number of likely N-dealkylation sites (N-methyl/N-ethyl adjacent to an activating group) is 1. The summed E-state index contributed by atoms with van der Waals surface area (Å²) in [5.74, 6) is -0.0187. The average Bonchev–Trinajstić information content (AvgIpc) is 3.46. The molecular weight excluding hydrogens is 530 g/mol. The molecule has 232 valence electrons. The van der Waals surface area contributed by atoms with E-state index in [0.29, 0.717) is 37.9 Å². The van der Waals surface area contributed by atoms with Crippen LogP contribution in [0.15, 0.2) is 42.0 Å². The maximum Gasteiger partial charge on any atom is 0.410 e. The number of piperazine rings is 1. The number of esters is 1. The van der Waals surface area contributed by atoms with E-state index in [1.807, 2.05) is 40.0 Å². The number of ether oxygens (including phenoxy) is 2. The second-order valence-electron chi connectivity index (χ2n) is 12.8. The van der Waals surface area contributed by atoms with Crippen molar-refractivity contribution >= 4 is 18.1 Å². The lowest BCUT2D eigenvalue weighted by atomic mass is 9.91. The van der Waals surface area contributed by atoms with E-state index in [-0.39, 0.29) is 24.3 Å². The van der Waals surface area contributed by atoms with Crippen molar-refractivity contribution in [3.8, 4) is 0 Å². The Balaban J connectivity index is 1.53. The molecule has 1 saturated heterocycles. The fourth-order valence-electron chi connectivity index (χ4n) is 6.42. The molecule has 3 aliphatic rings. The molecule has 8 nitrogen and oxygen atoms in total. The van der Waals surface area contributed by atoms with Gasteiger partial charge >= 0.3 is 12.1 Å². The summed E-state index contributed by atoms with van der Waals surface area (Å²) < 4.78 is 12.0. The van der Waals surface area contributed by atoms with Gasteiger partial charge < -0.3 is 29.7 Å². The zero-order chi connectivity index (χ0) is 30.2. The molecule has 1 aliphatic carbocycles. The van der Waals surface area contributed by atoms with Gasteiger partial charge in [-0.3, -0.25) is 4.79 Å². The lowest BCUT2D eigenvalue weighted by Gasteiger charge is -2.33. The van der Waals surface area contributed by atoms with Crippen molar-refractivity contribution in [1.29, 1.82) is 0 Å². The number of hydrogen-bond acceptors (Lipinski definition) is 7. The van der Waals surface area contributed by atoms with Crippen LogP contribution in [0.1, 0.15) is 76.3 Å². The van der Waals surface area contributed by atoms with Crippen molar-refractivity contribution in [2.75, 3.05) is 40.3 Å². The topological polar surface area (TPSA) is 91.3 Å². The van der Waals surface area contributed by atoms with E-state index in [4.69, 9.17) is 9.47 Å². The van der Waals surface area contributed by atoms with E-state index in [0.717, 1.165) is 30.6 Å². The quantitative estimate of drug-likeness (QED) is 0.374. The first kappa shape index (κ1) is 32.2. The van der Waals surface area contributed by atoms with Gasteiger partial charge in [0.15, 0.2) is 0 Å². The van der Waals surface area contributed by atoms with E-state index in [9.17, 15) is 14.7 Å². The van der Waals surface area contributed by atoms with Crippen LogP contribution in [0.2, 0.25) is 0 Å². The van der Waals surface area contributed by atoms with Crippen LogP contribution in [0, 0.1) is 11.8 Å². The van der Waals surface area contributed by atoms with E-state index in [1.54, 1.807) is 4.90 Å². The second kappa shape index (κ2) is 15.2. The van der Waals surface area contributed by atoms with Crippen molar-refractivity contribution in [2.45, 2.75) is 89.6 Å². The van der Waals surface area contributed by atoms with Gasteiger partial charge in [-0.2, -0.15) is 0 Å². The summed E-state index contributed by atoms with van der Waals surface area (Å²) in [5, 5.41) is 14.0. The Morgan fingerprint density at radius 2 is 1.86 bits per heavy atom. The molecule has 2 aliphatic heterocycles. The first-order chi connectivity index (χ1) is 20.1. The number of amides is 1. The number of hydrogen-bond donors (Lipinski definition) is 2. The molecule has 4 rings (SSSR count). The Labute approximate surface area is 252 Å². The molecule has 1 saturated carbocycles. The number of nitrogens with one attached hydrogen (secondary N) is 1. The van der Waals surface area contributed by atoms with E-state index in [1.165, 1.54) is 18.4 Å². The fraction of sp³-hybridized carbons (Fsp3) is 0.647. The first-order valence-corrected chi connectivity index (χ1v) is 15.8. The van der Waals surface area contributed by atoms with Gasteiger partial charge in [0.1, 0.15) is 12.2 Å². The minimum absolute atomic E-state index is 0.00844. The number of cyclic esters (lactones) is 1. The summed E-state index contributed by atoms with van der Waals surface area (Å²) in [6, 6.07) is 9.23. The first-order valence-electron chi connectivity index (χ1n) is 15.8. The molecule has 8 heteroatoms. The van der Waals surface area contributed by atoms with Crippen LogP contribution in [0.3, 0.4) is 0 Å². The molecule has 0 bridgehead atoms. The molecule has 0 spiro atoms. The Hall–Kier alpha value is -2.68. The smallest absolute Gasteiger partial charge is 0.410 e. The summed E-state index contributed by atoms with van der Waals surface area (Å²) in [6.07, 6.45) is 8.55. The SMILES string of the molecule is CN[C@H]1CCC(c2cccc(/C=C(\C)[C@H]3OC(=O)C[C@H](O)CC[C@H](C)[C@@H](OC(=O)N4CCN(C)CC4)/C=C/[C@@H]3C)c2)C1. The third kappa shape index (κ3) is 8.91. The number of carbonyl (C=O) groups excluding carboxylic acids is 2. The van der Waals surface area contributed by atoms with Gasteiger partial charge in [0, 0.05) is 38.1 Å². The lowest BCUT2D eigenvalue weighted by Crippen LogP contribution is -2.48. The Bertz CT molecular complexity index is 1110. The van der Waals surface area contributed by atoms with Crippen molar-refractivity contribution in [2.24, 2.45) is 11.8 Å². The van der Waals surface area contributed by atoms with Gasteiger partial charge in [-0.1, -0.05) is 50.3 Å². The van der Waals surface area contributed by atoms with Gasteiger partial charge in [0.05, 0.1) is 12.5 Å². The van der Waals surface area contributed by atoms with Crippen LogP contribution < -0.4 is 5.32 Å². The summed E-state index contributed by atoms with van der Waals surface area (Å²) in [4.78, 5) is 29.9. The fourth-order valence-corrected chi connectivity index (χ4v) is 6.42. The summed E-state index contributed by atoms with van der Waals surface area (Å²) in [5.41, 5.74) is 3.37. The third-order valence-corrected chi connectivity index (χ3v) is 9.32. The Morgan fingerprint density at radius 1 is 1.10 bits per heavy atom. The van der Waals surface area contributed by atoms with Crippen LogP contribution in [0.25, 0.3) is 6.08 Å². The summed E-state index contributed by atoms with van der Waals surface area (Å²) in [7, 11) is 4.09. The van der Waals surface area contributed by atoms with E-state index >= 15 is 0 Å². The molecule has 2 heterocycles. The van der Waals surface area contributed by atoms with Gasteiger partial charge in [-0.25, -0.2) is 4.79 Å². The van der Waals surface area contributed by atoms with Crippen molar-refractivity contribution < 1.29 is 24.2 Å². The summed E-state index contributed by atoms with van der Waals surface area (Å²) >= 11 is 0. The van der Waals surface area contributed by atoms with Crippen LogP contribution in [0.4, 0.5) is 4.79 Å². The maximum atomic E-state index is 13.0. The van der Waals surface area contributed by atoms with Crippen LogP contribution in [-0.4, -0.2) is 91.6 Å². The standard InChI is InChI=1S/C34H51N3O5/c1-23-9-13-30(38)22-32(39)42-33(24(2)10-14-31(23)41-34(40)37-17-15-36(5)16-18-37)25(3)19-26-7-6-8-27(20-26)28-11-12-29(21-28)35-4/h6-8,10,14,19-20,23-24,28-31,33,35,38H,9,11-13,15-18,21-22H2,1-5H3/b14-10+,25-19+/t23-,24-,28?,29-,30+,31-,33-/m0/s1. The number of aliphatic hydroxyl groups excluding tert-OH is 1.